The van der Waals surface area contributed by atoms with Crippen LogP contribution in [-0.2, 0) is 11.2 Å². The summed E-state index contributed by atoms with van der Waals surface area (Å²) in [5, 5.41) is 19.7. The minimum atomic E-state index is -0.976. The maximum atomic E-state index is 13.0. The van der Waals surface area contributed by atoms with Crippen molar-refractivity contribution in [3.05, 3.63) is 39.7 Å². The largest absolute Gasteiger partial charge is 0.481 e. The molecule has 0 spiro atoms. The molecule has 0 amide bonds. The minimum Gasteiger partial charge on any atom is -0.481 e. The lowest BCUT2D eigenvalue weighted by Gasteiger charge is -2.09. The van der Waals surface area contributed by atoms with E-state index in [2.05, 4.69) is 0 Å². The Labute approximate surface area is 96.0 Å². The Kier molecular flexibility index (Phi) is 2.57. The molecule has 1 aromatic carbocycles. The second kappa shape index (κ2) is 3.80. The lowest BCUT2D eigenvalue weighted by Crippen LogP contribution is -2.18. The highest BCUT2D eigenvalue weighted by Crippen LogP contribution is 2.49. The van der Waals surface area contributed by atoms with E-state index in [0.29, 0.717) is 12.8 Å². The fraction of sp³-hybridized carbons (Fsp3) is 0.364. The Bertz CT molecular complexity index is 496. The summed E-state index contributed by atoms with van der Waals surface area (Å²) >= 11 is 0. The first-order valence-corrected chi connectivity index (χ1v) is 5.11. The number of nitrogens with zero attached hydrogens (tertiary/aromatic N) is 1. The van der Waals surface area contributed by atoms with Gasteiger partial charge >= 0.3 is 5.97 Å². The number of carbonyl (C=O) groups is 1. The molecule has 1 fully saturated rings. The highest BCUT2D eigenvalue weighted by Gasteiger charge is 2.50. The molecular formula is C11H10FNO4. The molecule has 0 aliphatic heterocycles. The number of hydrogen-bond donors (Lipinski definition) is 1. The van der Waals surface area contributed by atoms with Crippen molar-refractivity contribution < 1.29 is 19.2 Å². The van der Waals surface area contributed by atoms with Crippen LogP contribution in [0, 0.1) is 21.3 Å². The molecule has 0 radical (unpaired) electrons. The van der Waals surface area contributed by atoms with Crippen LogP contribution in [-0.4, -0.2) is 16.0 Å². The SMILES string of the molecule is O=C(O)C1(Cc2cc(F)ccc2[N+](=O)[O-])CC1. The van der Waals surface area contributed by atoms with E-state index >= 15 is 0 Å². The molecule has 1 aliphatic rings. The van der Waals surface area contributed by atoms with Crippen LogP contribution in [0.15, 0.2) is 18.2 Å². The van der Waals surface area contributed by atoms with Crippen molar-refractivity contribution in [2.24, 2.45) is 5.41 Å². The molecule has 17 heavy (non-hydrogen) atoms. The number of rotatable bonds is 4. The van der Waals surface area contributed by atoms with Crippen LogP contribution in [0.5, 0.6) is 0 Å². The zero-order valence-electron chi connectivity index (χ0n) is 8.85. The smallest absolute Gasteiger partial charge is 0.309 e. The normalized spacial score (nSPS) is 16.5. The predicted octanol–water partition coefficient (Wildman–Crippen LogP) is 2.14. The summed E-state index contributed by atoms with van der Waals surface area (Å²) in [5.74, 6) is -1.57. The summed E-state index contributed by atoms with van der Waals surface area (Å²) in [4.78, 5) is 21.1. The second-order valence-electron chi connectivity index (χ2n) is 4.29. The zero-order valence-corrected chi connectivity index (χ0v) is 8.85. The second-order valence-corrected chi connectivity index (χ2v) is 4.29. The molecule has 0 unspecified atom stereocenters. The molecule has 0 bridgehead atoms. The molecule has 0 saturated heterocycles. The molecule has 1 aliphatic carbocycles. The summed E-state index contributed by atoms with van der Waals surface area (Å²) in [6.07, 6.45) is 0.975. The third kappa shape index (κ3) is 2.11. The molecule has 2 rings (SSSR count). The van der Waals surface area contributed by atoms with Crippen LogP contribution >= 0.6 is 0 Å². The highest BCUT2D eigenvalue weighted by atomic mass is 19.1. The predicted molar refractivity (Wildman–Crippen MR) is 56.1 cm³/mol. The van der Waals surface area contributed by atoms with Gasteiger partial charge in [-0.1, -0.05) is 0 Å². The van der Waals surface area contributed by atoms with Crippen molar-refractivity contribution in [1.29, 1.82) is 0 Å². The number of halogens is 1. The zero-order chi connectivity index (χ0) is 12.6. The number of carboxylic acid groups (broad SMARTS) is 1. The summed E-state index contributed by atoms with van der Waals surface area (Å²) in [5.41, 5.74) is -1.01. The van der Waals surface area contributed by atoms with E-state index in [9.17, 15) is 19.3 Å². The summed E-state index contributed by atoms with van der Waals surface area (Å²) < 4.78 is 13.0. The number of hydrogen-bond acceptors (Lipinski definition) is 3. The van der Waals surface area contributed by atoms with Gasteiger partial charge in [0.1, 0.15) is 5.82 Å². The lowest BCUT2D eigenvalue weighted by atomic mass is 9.95. The Hall–Kier alpha value is -1.98. The number of nitro benzene ring substituents is 1. The maximum absolute atomic E-state index is 13.0. The van der Waals surface area contributed by atoms with E-state index in [1.54, 1.807) is 0 Å². The van der Waals surface area contributed by atoms with Gasteiger partial charge in [0.2, 0.25) is 0 Å². The van der Waals surface area contributed by atoms with Crippen molar-refractivity contribution in [1.82, 2.24) is 0 Å². The fourth-order valence-corrected chi connectivity index (χ4v) is 1.86. The van der Waals surface area contributed by atoms with Gasteiger partial charge in [-0.25, -0.2) is 4.39 Å². The Morgan fingerprint density at radius 2 is 2.18 bits per heavy atom. The first-order chi connectivity index (χ1) is 7.94. The molecule has 1 saturated carbocycles. The van der Waals surface area contributed by atoms with Crippen LogP contribution in [0.2, 0.25) is 0 Å². The number of nitro groups is 1. The van der Waals surface area contributed by atoms with Crippen molar-refractivity contribution >= 4 is 11.7 Å². The van der Waals surface area contributed by atoms with E-state index in [1.807, 2.05) is 0 Å². The number of carboxylic acids is 1. The van der Waals surface area contributed by atoms with Crippen LogP contribution in [0.25, 0.3) is 0 Å². The van der Waals surface area contributed by atoms with E-state index in [-0.39, 0.29) is 17.7 Å². The molecule has 1 N–H and O–H groups in total. The van der Waals surface area contributed by atoms with Gasteiger partial charge in [-0.15, -0.1) is 0 Å². The molecule has 90 valence electrons. The molecule has 0 atom stereocenters. The lowest BCUT2D eigenvalue weighted by molar-refractivity contribution is -0.385. The third-order valence-electron chi connectivity index (χ3n) is 3.07. The summed E-state index contributed by atoms with van der Waals surface area (Å²) in [7, 11) is 0. The fourth-order valence-electron chi connectivity index (χ4n) is 1.86. The molecule has 5 nitrogen and oxygen atoms in total. The van der Waals surface area contributed by atoms with Gasteiger partial charge in [-0.3, -0.25) is 14.9 Å². The van der Waals surface area contributed by atoms with Crippen LogP contribution in [0.4, 0.5) is 10.1 Å². The van der Waals surface area contributed by atoms with Crippen molar-refractivity contribution in [2.75, 3.05) is 0 Å². The van der Waals surface area contributed by atoms with E-state index in [0.717, 1.165) is 18.2 Å². The van der Waals surface area contributed by atoms with Crippen LogP contribution in [0.1, 0.15) is 18.4 Å². The molecule has 0 aromatic heterocycles. The molecule has 0 heterocycles. The van der Waals surface area contributed by atoms with Crippen molar-refractivity contribution in [3.63, 3.8) is 0 Å². The molecule has 6 heteroatoms. The van der Waals surface area contributed by atoms with E-state index in [1.165, 1.54) is 0 Å². The van der Waals surface area contributed by atoms with E-state index in [4.69, 9.17) is 5.11 Å². The molecular weight excluding hydrogens is 229 g/mol. The van der Waals surface area contributed by atoms with Gasteiger partial charge in [0.15, 0.2) is 0 Å². The van der Waals surface area contributed by atoms with Gasteiger partial charge in [0, 0.05) is 11.6 Å². The van der Waals surface area contributed by atoms with Gasteiger partial charge in [-0.2, -0.15) is 0 Å². The monoisotopic (exact) mass is 239 g/mol. The third-order valence-corrected chi connectivity index (χ3v) is 3.07. The van der Waals surface area contributed by atoms with Crippen molar-refractivity contribution in [3.8, 4) is 0 Å². The van der Waals surface area contributed by atoms with Gasteiger partial charge in [-0.05, 0) is 31.4 Å². The Morgan fingerprint density at radius 3 is 2.65 bits per heavy atom. The quantitative estimate of drug-likeness (QED) is 0.644. The van der Waals surface area contributed by atoms with Crippen LogP contribution in [0.3, 0.4) is 0 Å². The Balaban J connectivity index is 2.35. The van der Waals surface area contributed by atoms with Gasteiger partial charge in [0.25, 0.3) is 5.69 Å². The van der Waals surface area contributed by atoms with E-state index < -0.39 is 22.1 Å². The summed E-state index contributed by atoms with van der Waals surface area (Å²) in [6, 6.07) is 3.12. The van der Waals surface area contributed by atoms with Gasteiger partial charge < -0.3 is 5.11 Å². The minimum absolute atomic E-state index is 0.0103. The number of benzene rings is 1. The highest BCUT2D eigenvalue weighted by molar-refractivity contribution is 5.78. The molecule has 1 aromatic rings. The topological polar surface area (TPSA) is 80.4 Å². The first-order valence-electron chi connectivity index (χ1n) is 5.11. The number of aliphatic carboxylic acids is 1. The average Bonchev–Trinajstić information content (AvgIpc) is 2.98. The Morgan fingerprint density at radius 1 is 1.53 bits per heavy atom. The first kappa shape index (κ1) is 11.5. The average molecular weight is 239 g/mol. The van der Waals surface area contributed by atoms with Crippen LogP contribution < -0.4 is 0 Å². The van der Waals surface area contributed by atoms with Crippen molar-refractivity contribution in [2.45, 2.75) is 19.3 Å². The van der Waals surface area contributed by atoms with Gasteiger partial charge in [0.05, 0.1) is 10.3 Å². The summed E-state index contributed by atoms with van der Waals surface area (Å²) in [6.45, 7) is 0. The standard InChI is InChI=1S/C11H10FNO4/c12-8-1-2-9(13(16)17)7(5-8)6-11(3-4-11)10(14)15/h1-2,5H,3-4,6H2,(H,14,15). The maximum Gasteiger partial charge on any atom is 0.309 e.